The van der Waals surface area contributed by atoms with E-state index in [4.69, 9.17) is 9.47 Å². The third-order valence-corrected chi connectivity index (χ3v) is 4.16. The van der Waals surface area contributed by atoms with Crippen molar-refractivity contribution in [3.63, 3.8) is 0 Å². The third kappa shape index (κ3) is 3.46. The van der Waals surface area contributed by atoms with E-state index in [-0.39, 0.29) is 29.7 Å². The summed E-state index contributed by atoms with van der Waals surface area (Å²) < 4.78 is 12.6. The fraction of sp³-hybridized carbons (Fsp3) is 0.263. The topological polar surface area (TPSA) is 92.4 Å². The molecule has 140 valence electrons. The lowest BCUT2D eigenvalue weighted by Crippen LogP contribution is -2.41. The Morgan fingerprint density at radius 1 is 1.19 bits per heavy atom. The molecule has 0 unspecified atom stereocenters. The van der Waals surface area contributed by atoms with Crippen LogP contribution in [0.5, 0.6) is 5.75 Å². The first-order chi connectivity index (χ1) is 12.9. The maximum atomic E-state index is 12.9. The molecule has 8 heteroatoms. The number of benzene rings is 1. The summed E-state index contributed by atoms with van der Waals surface area (Å²) in [5, 5.41) is 0.0502. The molecule has 2 heterocycles. The predicted molar refractivity (Wildman–Crippen MR) is 99.3 cm³/mol. The third-order valence-electron chi connectivity index (χ3n) is 4.16. The zero-order chi connectivity index (χ0) is 19.6. The van der Waals surface area contributed by atoms with Gasteiger partial charge in [0.2, 0.25) is 0 Å². The Hall–Kier alpha value is -3.42. The zero-order valence-corrected chi connectivity index (χ0v) is 15.3. The maximum Gasteiger partial charge on any atom is 0.338 e. The van der Waals surface area contributed by atoms with Crippen molar-refractivity contribution in [2.45, 2.75) is 13.5 Å². The number of fused-ring (bicyclic) bond motifs is 1. The maximum absolute atomic E-state index is 12.9. The number of rotatable bonds is 5. The SMILES string of the molecule is COC(=O)c1cc(C)nc2c1c(=O)n(CCOc1ccccc1)c(=O)n2C. The Morgan fingerprint density at radius 3 is 2.56 bits per heavy atom. The number of carbonyl (C=O) groups is 1. The van der Waals surface area contributed by atoms with Gasteiger partial charge in [-0.15, -0.1) is 0 Å². The van der Waals surface area contributed by atoms with Gasteiger partial charge in [0.25, 0.3) is 5.56 Å². The van der Waals surface area contributed by atoms with Crippen LogP contribution in [0.25, 0.3) is 11.0 Å². The predicted octanol–water partition coefficient (Wildman–Crippen LogP) is 1.27. The molecule has 0 amide bonds. The number of ether oxygens (including phenoxy) is 2. The molecule has 8 nitrogen and oxygen atoms in total. The summed E-state index contributed by atoms with van der Waals surface area (Å²) in [5.74, 6) is -0.0240. The lowest BCUT2D eigenvalue weighted by molar-refractivity contribution is 0.0602. The van der Waals surface area contributed by atoms with Crippen LogP contribution in [0.1, 0.15) is 16.1 Å². The minimum atomic E-state index is -0.659. The summed E-state index contributed by atoms with van der Waals surface area (Å²) in [6.45, 7) is 1.83. The fourth-order valence-electron chi connectivity index (χ4n) is 2.84. The van der Waals surface area contributed by atoms with Crippen molar-refractivity contribution in [2.75, 3.05) is 13.7 Å². The molecule has 2 aromatic heterocycles. The van der Waals surface area contributed by atoms with Crippen molar-refractivity contribution in [3.05, 3.63) is 68.5 Å². The van der Waals surface area contributed by atoms with E-state index in [0.717, 1.165) is 4.57 Å². The Bertz CT molecular complexity index is 1120. The van der Waals surface area contributed by atoms with E-state index in [2.05, 4.69) is 4.98 Å². The van der Waals surface area contributed by atoms with E-state index in [0.29, 0.717) is 11.4 Å². The van der Waals surface area contributed by atoms with E-state index >= 15 is 0 Å². The number of aryl methyl sites for hydroxylation is 2. The van der Waals surface area contributed by atoms with Crippen molar-refractivity contribution in [1.29, 1.82) is 0 Å². The van der Waals surface area contributed by atoms with Crippen LogP contribution in [0.3, 0.4) is 0 Å². The quantitative estimate of drug-likeness (QED) is 0.629. The number of hydrogen-bond donors (Lipinski definition) is 0. The van der Waals surface area contributed by atoms with Gasteiger partial charge in [-0.2, -0.15) is 0 Å². The summed E-state index contributed by atoms with van der Waals surface area (Å²) in [6.07, 6.45) is 0. The van der Waals surface area contributed by atoms with E-state index in [1.54, 1.807) is 19.1 Å². The first kappa shape index (κ1) is 18.4. The van der Waals surface area contributed by atoms with E-state index in [1.807, 2.05) is 18.2 Å². The number of para-hydroxylation sites is 1. The number of carbonyl (C=O) groups excluding carboxylic acids is 1. The smallest absolute Gasteiger partial charge is 0.338 e. The lowest BCUT2D eigenvalue weighted by atomic mass is 10.1. The Labute approximate surface area is 154 Å². The van der Waals surface area contributed by atoms with Gasteiger partial charge in [0.15, 0.2) is 0 Å². The molecule has 0 saturated carbocycles. The zero-order valence-electron chi connectivity index (χ0n) is 15.3. The molecule has 0 saturated heterocycles. The van der Waals surface area contributed by atoms with Gasteiger partial charge in [0.1, 0.15) is 18.0 Å². The largest absolute Gasteiger partial charge is 0.492 e. The molecule has 1 aromatic carbocycles. The Balaban J connectivity index is 2.08. The minimum absolute atomic E-state index is 0.0326. The fourth-order valence-corrected chi connectivity index (χ4v) is 2.84. The van der Waals surface area contributed by atoms with Crippen molar-refractivity contribution in [2.24, 2.45) is 7.05 Å². The van der Waals surface area contributed by atoms with Gasteiger partial charge in [-0.05, 0) is 25.1 Å². The highest BCUT2D eigenvalue weighted by Crippen LogP contribution is 2.14. The van der Waals surface area contributed by atoms with Gasteiger partial charge in [0.05, 0.1) is 24.6 Å². The number of aromatic nitrogens is 3. The molecule has 0 fully saturated rings. The second-order valence-corrected chi connectivity index (χ2v) is 5.96. The molecule has 0 aliphatic rings. The van der Waals surface area contributed by atoms with Gasteiger partial charge >= 0.3 is 11.7 Å². The molecule has 0 atom stereocenters. The number of nitrogens with zero attached hydrogens (tertiary/aromatic N) is 3. The van der Waals surface area contributed by atoms with Crippen LogP contribution in [-0.4, -0.2) is 33.8 Å². The van der Waals surface area contributed by atoms with E-state index in [1.165, 1.54) is 24.8 Å². The normalized spacial score (nSPS) is 10.8. The summed E-state index contributed by atoms with van der Waals surface area (Å²) >= 11 is 0. The molecule has 3 rings (SSSR count). The van der Waals surface area contributed by atoms with Gasteiger partial charge in [-0.3, -0.25) is 13.9 Å². The average Bonchev–Trinajstić information content (AvgIpc) is 2.68. The summed E-state index contributed by atoms with van der Waals surface area (Å²) in [7, 11) is 2.74. The van der Waals surface area contributed by atoms with Crippen LogP contribution in [0.4, 0.5) is 0 Å². The van der Waals surface area contributed by atoms with Crippen LogP contribution in [0.15, 0.2) is 46.0 Å². The van der Waals surface area contributed by atoms with Gasteiger partial charge in [-0.25, -0.2) is 14.6 Å². The summed E-state index contributed by atoms with van der Waals surface area (Å²) in [4.78, 5) is 41.9. The molecule has 0 bridgehead atoms. The highest BCUT2D eigenvalue weighted by molar-refractivity contribution is 6.02. The lowest BCUT2D eigenvalue weighted by Gasteiger charge is -2.13. The Morgan fingerprint density at radius 2 is 1.89 bits per heavy atom. The van der Waals surface area contributed by atoms with Crippen molar-refractivity contribution >= 4 is 17.0 Å². The van der Waals surface area contributed by atoms with Crippen LogP contribution in [0.2, 0.25) is 0 Å². The van der Waals surface area contributed by atoms with Gasteiger partial charge in [0, 0.05) is 12.7 Å². The molecule has 0 aliphatic carbocycles. The summed E-state index contributed by atoms with van der Waals surface area (Å²) in [6, 6.07) is 10.6. The average molecular weight is 369 g/mol. The molecule has 0 aliphatic heterocycles. The van der Waals surface area contributed by atoms with E-state index in [9.17, 15) is 14.4 Å². The number of pyridine rings is 1. The molecule has 0 spiro atoms. The van der Waals surface area contributed by atoms with Gasteiger partial charge < -0.3 is 9.47 Å². The number of esters is 1. The molecule has 0 radical (unpaired) electrons. The first-order valence-electron chi connectivity index (χ1n) is 8.31. The van der Waals surface area contributed by atoms with Crippen LogP contribution in [0, 0.1) is 6.92 Å². The van der Waals surface area contributed by atoms with Crippen molar-refractivity contribution < 1.29 is 14.3 Å². The van der Waals surface area contributed by atoms with Crippen LogP contribution in [-0.2, 0) is 18.3 Å². The molecular formula is C19H19N3O5. The first-order valence-corrected chi connectivity index (χ1v) is 8.31. The highest BCUT2D eigenvalue weighted by atomic mass is 16.5. The number of hydrogen-bond acceptors (Lipinski definition) is 6. The Kier molecular flexibility index (Phi) is 5.07. The molecule has 27 heavy (non-hydrogen) atoms. The van der Waals surface area contributed by atoms with Crippen LogP contribution >= 0.6 is 0 Å². The minimum Gasteiger partial charge on any atom is -0.492 e. The molecule has 3 aromatic rings. The molecule has 0 N–H and O–H groups in total. The van der Waals surface area contributed by atoms with Crippen molar-refractivity contribution in [3.8, 4) is 5.75 Å². The van der Waals surface area contributed by atoms with E-state index < -0.39 is 17.2 Å². The monoisotopic (exact) mass is 369 g/mol. The van der Waals surface area contributed by atoms with Crippen LogP contribution < -0.4 is 16.0 Å². The standard InChI is InChI=1S/C19H19N3O5/c1-12-11-14(18(24)26-3)15-16(20-12)21(2)19(25)22(17(15)23)9-10-27-13-7-5-4-6-8-13/h4-8,11H,9-10H2,1-3H3. The van der Waals surface area contributed by atoms with Crippen molar-refractivity contribution in [1.82, 2.24) is 14.1 Å². The molecular weight excluding hydrogens is 350 g/mol. The van der Waals surface area contributed by atoms with Gasteiger partial charge in [-0.1, -0.05) is 18.2 Å². The second kappa shape index (κ2) is 7.45. The number of methoxy groups -OCH3 is 1. The summed E-state index contributed by atoms with van der Waals surface area (Å²) in [5.41, 5.74) is -0.401. The second-order valence-electron chi connectivity index (χ2n) is 5.96. The highest BCUT2D eigenvalue weighted by Gasteiger charge is 2.20.